The van der Waals surface area contributed by atoms with Crippen molar-refractivity contribution in [2.75, 3.05) is 14.2 Å². The summed E-state index contributed by atoms with van der Waals surface area (Å²) in [6.07, 6.45) is 0.119. The molecule has 1 aliphatic heterocycles. The van der Waals surface area contributed by atoms with Gasteiger partial charge in [-0.05, 0) is 40.1 Å². The van der Waals surface area contributed by atoms with Crippen molar-refractivity contribution >= 4 is 16.7 Å². The summed E-state index contributed by atoms with van der Waals surface area (Å²) in [5.74, 6) is 0.938. The van der Waals surface area contributed by atoms with Gasteiger partial charge in [0, 0.05) is 11.6 Å². The fraction of sp³-hybridized carbons (Fsp3) is 0.133. The number of fused-ring (bicyclic) bond motifs is 2. The number of ether oxygens (including phenoxy) is 4. The molecule has 0 spiro atoms. The van der Waals surface area contributed by atoms with Gasteiger partial charge >= 0.3 is 5.97 Å². The molecular weight excluding hydrogens is 468 g/mol. The summed E-state index contributed by atoms with van der Waals surface area (Å²) in [5.41, 5.74) is 8.79. The Bertz CT molecular complexity index is 1580. The number of allylic oxidation sites excluding steroid dienone is 1. The summed E-state index contributed by atoms with van der Waals surface area (Å²) in [7, 11) is 3.11. The summed E-state index contributed by atoms with van der Waals surface area (Å²) in [5, 5.41) is 11.9. The van der Waals surface area contributed by atoms with Gasteiger partial charge in [0.05, 0.1) is 26.6 Å². The molecule has 0 saturated carbocycles. The smallest absolute Gasteiger partial charge is 0.315 e. The molecule has 2 N–H and O–H groups in total. The number of benzene rings is 4. The Balaban J connectivity index is 1.44. The van der Waals surface area contributed by atoms with Crippen LogP contribution in [-0.4, -0.2) is 20.2 Å². The number of carbonyl (C=O) groups is 1. The van der Waals surface area contributed by atoms with Crippen molar-refractivity contribution < 1.29 is 23.7 Å². The molecule has 1 unspecified atom stereocenters. The molecule has 37 heavy (non-hydrogen) atoms. The number of esters is 1. The molecule has 0 bridgehead atoms. The van der Waals surface area contributed by atoms with Crippen LogP contribution in [0.4, 0.5) is 0 Å². The van der Waals surface area contributed by atoms with Crippen LogP contribution in [0.2, 0.25) is 0 Å². The fourth-order valence-corrected chi connectivity index (χ4v) is 4.64. The average molecular weight is 493 g/mol. The molecule has 1 aliphatic rings. The van der Waals surface area contributed by atoms with Crippen molar-refractivity contribution in [3.05, 3.63) is 107 Å². The van der Waals surface area contributed by atoms with Crippen LogP contribution >= 0.6 is 0 Å². The molecule has 0 fully saturated rings. The van der Waals surface area contributed by atoms with Crippen LogP contribution in [-0.2, 0) is 11.2 Å². The highest BCUT2D eigenvalue weighted by Gasteiger charge is 2.31. The maximum absolute atomic E-state index is 12.8. The number of hydrogen-bond donors (Lipinski definition) is 1. The van der Waals surface area contributed by atoms with Crippen LogP contribution < -0.4 is 24.7 Å². The predicted molar refractivity (Wildman–Crippen MR) is 139 cm³/mol. The maximum Gasteiger partial charge on any atom is 0.315 e. The third-order valence-electron chi connectivity index (χ3n) is 6.38. The van der Waals surface area contributed by atoms with Crippen LogP contribution in [0.3, 0.4) is 0 Å². The fourth-order valence-electron chi connectivity index (χ4n) is 4.64. The molecule has 0 radical (unpaired) electrons. The molecule has 0 amide bonds. The van der Waals surface area contributed by atoms with Crippen molar-refractivity contribution in [1.29, 1.82) is 5.26 Å². The van der Waals surface area contributed by atoms with Gasteiger partial charge < -0.3 is 24.7 Å². The highest BCUT2D eigenvalue weighted by Crippen LogP contribution is 2.45. The average Bonchev–Trinajstić information content (AvgIpc) is 2.92. The molecule has 4 aromatic rings. The molecule has 1 atom stereocenters. The molecule has 7 heteroatoms. The summed E-state index contributed by atoms with van der Waals surface area (Å²) >= 11 is 0. The number of carbonyl (C=O) groups excluding carboxylic acids is 1. The van der Waals surface area contributed by atoms with Crippen molar-refractivity contribution in [1.82, 2.24) is 0 Å². The van der Waals surface area contributed by atoms with Gasteiger partial charge in [-0.1, -0.05) is 54.6 Å². The lowest BCUT2D eigenvalue weighted by Crippen LogP contribution is -2.21. The second kappa shape index (κ2) is 9.96. The Labute approximate surface area is 214 Å². The van der Waals surface area contributed by atoms with E-state index in [1.54, 1.807) is 44.6 Å². The molecule has 0 saturated heterocycles. The zero-order valence-electron chi connectivity index (χ0n) is 20.4. The van der Waals surface area contributed by atoms with E-state index < -0.39 is 11.9 Å². The second-order valence-corrected chi connectivity index (χ2v) is 8.53. The van der Waals surface area contributed by atoms with E-state index >= 15 is 0 Å². The lowest BCUT2D eigenvalue weighted by atomic mass is 9.83. The summed E-state index contributed by atoms with van der Waals surface area (Å²) in [4.78, 5) is 12.8. The van der Waals surface area contributed by atoms with E-state index in [1.165, 1.54) is 0 Å². The number of nitriles is 1. The largest absolute Gasteiger partial charge is 0.493 e. The Morgan fingerprint density at radius 2 is 1.76 bits per heavy atom. The number of hydrogen-bond acceptors (Lipinski definition) is 7. The van der Waals surface area contributed by atoms with Crippen molar-refractivity contribution in [2.24, 2.45) is 5.73 Å². The third-order valence-corrected chi connectivity index (χ3v) is 6.38. The maximum atomic E-state index is 12.8. The van der Waals surface area contributed by atoms with Gasteiger partial charge in [-0.15, -0.1) is 0 Å². The minimum Gasteiger partial charge on any atom is -0.493 e. The van der Waals surface area contributed by atoms with Gasteiger partial charge in [0.25, 0.3) is 0 Å². The lowest BCUT2D eigenvalue weighted by molar-refractivity contribution is -0.133. The number of nitrogens with zero attached hydrogens (tertiary/aromatic N) is 1. The quantitative estimate of drug-likeness (QED) is 0.291. The van der Waals surface area contributed by atoms with E-state index in [0.29, 0.717) is 28.6 Å². The number of nitrogens with two attached hydrogens (primary N) is 1. The van der Waals surface area contributed by atoms with E-state index in [2.05, 4.69) is 6.07 Å². The van der Waals surface area contributed by atoms with Gasteiger partial charge in [0.1, 0.15) is 23.1 Å². The monoisotopic (exact) mass is 492 g/mol. The Morgan fingerprint density at radius 1 is 0.973 bits per heavy atom. The summed E-state index contributed by atoms with van der Waals surface area (Å²) in [6.45, 7) is 0. The first kappa shape index (κ1) is 23.8. The zero-order chi connectivity index (χ0) is 25.9. The van der Waals surface area contributed by atoms with E-state index in [0.717, 1.165) is 21.9 Å². The van der Waals surface area contributed by atoms with Gasteiger partial charge in [-0.3, -0.25) is 4.79 Å². The Hall–Kier alpha value is -4.96. The predicted octanol–water partition coefficient (Wildman–Crippen LogP) is 5.22. The number of rotatable bonds is 6. The van der Waals surface area contributed by atoms with Crippen LogP contribution in [0.25, 0.3) is 10.8 Å². The van der Waals surface area contributed by atoms with E-state index in [9.17, 15) is 10.1 Å². The highest BCUT2D eigenvalue weighted by atomic mass is 16.5. The molecule has 0 aliphatic carbocycles. The van der Waals surface area contributed by atoms with E-state index in [1.807, 2.05) is 48.5 Å². The van der Waals surface area contributed by atoms with Gasteiger partial charge in [0.2, 0.25) is 5.88 Å². The molecule has 4 aromatic carbocycles. The SMILES string of the molecule is COc1ccc(C2C(C#N)=C(N)Oc3cc(OC(=O)Cc4cccc5ccccc45)ccc32)cc1OC. The van der Waals surface area contributed by atoms with Crippen molar-refractivity contribution in [3.8, 4) is 29.1 Å². The van der Waals surface area contributed by atoms with Gasteiger partial charge in [-0.25, -0.2) is 0 Å². The minimum absolute atomic E-state index is 0.00554. The van der Waals surface area contributed by atoms with Crippen LogP contribution in [0, 0.1) is 11.3 Å². The number of methoxy groups -OCH3 is 2. The minimum atomic E-state index is -0.492. The first-order valence-electron chi connectivity index (χ1n) is 11.6. The van der Waals surface area contributed by atoms with Crippen molar-refractivity contribution in [2.45, 2.75) is 12.3 Å². The zero-order valence-corrected chi connectivity index (χ0v) is 20.4. The summed E-state index contributed by atoms with van der Waals surface area (Å²) in [6, 6.07) is 26.4. The first-order chi connectivity index (χ1) is 18.0. The molecule has 5 rings (SSSR count). The molecular formula is C30H24N2O5. The van der Waals surface area contributed by atoms with Crippen LogP contribution in [0.1, 0.15) is 22.6 Å². The molecule has 184 valence electrons. The highest BCUT2D eigenvalue weighted by molar-refractivity contribution is 5.89. The normalized spacial score (nSPS) is 14.4. The second-order valence-electron chi connectivity index (χ2n) is 8.53. The lowest BCUT2D eigenvalue weighted by Gasteiger charge is -2.27. The Kier molecular flexibility index (Phi) is 6.40. The molecule has 7 nitrogen and oxygen atoms in total. The molecule has 1 heterocycles. The molecule has 0 aromatic heterocycles. The van der Waals surface area contributed by atoms with Crippen LogP contribution in [0.5, 0.6) is 23.0 Å². The first-order valence-corrected chi connectivity index (χ1v) is 11.6. The van der Waals surface area contributed by atoms with E-state index in [4.69, 9.17) is 24.7 Å². The van der Waals surface area contributed by atoms with Crippen molar-refractivity contribution in [3.63, 3.8) is 0 Å². The van der Waals surface area contributed by atoms with Crippen LogP contribution in [0.15, 0.2) is 90.3 Å². The standard InChI is InChI=1S/C30H24N2O5/c1-34-25-13-10-20(14-27(25)35-2)29-23-12-11-21(16-26(23)37-30(32)24(29)17-31)36-28(33)15-19-8-5-7-18-6-3-4-9-22(18)19/h3-14,16,29H,15,32H2,1-2H3. The van der Waals surface area contributed by atoms with Gasteiger partial charge in [0.15, 0.2) is 11.5 Å². The third kappa shape index (κ3) is 4.53. The van der Waals surface area contributed by atoms with Gasteiger partial charge in [-0.2, -0.15) is 5.26 Å². The summed E-state index contributed by atoms with van der Waals surface area (Å²) < 4.78 is 22.2. The Morgan fingerprint density at radius 3 is 2.54 bits per heavy atom. The topological polar surface area (TPSA) is 104 Å². The van der Waals surface area contributed by atoms with E-state index in [-0.39, 0.29) is 17.9 Å².